The van der Waals surface area contributed by atoms with Crippen molar-refractivity contribution in [3.63, 3.8) is 0 Å². The van der Waals surface area contributed by atoms with E-state index < -0.39 is 6.04 Å². The lowest BCUT2D eigenvalue weighted by atomic mass is 10.3. The number of nitrogens with zero attached hydrogens (tertiary/aromatic N) is 1. The van der Waals surface area contributed by atoms with E-state index in [0.29, 0.717) is 13.0 Å². The Labute approximate surface area is 78.3 Å². The molecule has 0 radical (unpaired) electrons. The average molecular weight is 187 g/mol. The summed E-state index contributed by atoms with van der Waals surface area (Å²) in [5.74, 6) is -0.239. The molecule has 0 bridgehead atoms. The zero-order chi connectivity index (χ0) is 10.4. The standard InChI is InChI=1S/C8H17N3O2/c1-6(9)8(13)10-5-4-7(12)11(2)3/h6H,4-5,9H2,1-3H3,(H,10,13)/t6-/m0/s1. The van der Waals surface area contributed by atoms with Gasteiger partial charge in [0.15, 0.2) is 0 Å². The van der Waals surface area contributed by atoms with Crippen LogP contribution in [0.15, 0.2) is 0 Å². The van der Waals surface area contributed by atoms with Gasteiger partial charge in [0.05, 0.1) is 6.04 Å². The number of nitrogens with one attached hydrogen (secondary N) is 1. The Hall–Kier alpha value is -1.10. The van der Waals surface area contributed by atoms with Gasteiger partial charge >= 0.3 is 0 Å². The first-order valence-corrected chi connectivity index (χ1v) is 4.18. The van der Waals surface area contributed by atoms with Gasteiger partial charge in [0.1, 0.15) is 0 Å². The second-order valence-electron chi connectivity index (χ2n) is 3.12. The molecule has 0 unspecified atom stereocenters. The lowest BCUT2D eigenvalue weighted by Gasteiger charge is -2.11. The van der Waals surface area contributed by atoms with Crippen LogP contribution in [0.25, 0.3) is 0 Å². The van der Waals surface area contributed by atoms with Crippen molar-refractivity contribution in [2.45, 2.75) is 19.4 Å². The highest BCUT2D eigenvalue weighted by Gasteiger charge is 2.08. The first kappa shape index (κ1) is 11.9. The van der Waals surface area contributed by atoms with Gasteiger partial charge in [-0.2, -0.15) is 0 Å². The van der Waals surface area contributed by atoms with Crippen molar-refractivity contribution in [3.8, 4) is 0 Å². The van der Waals surface area contributed by atoms with Crippen molar-refractivity contribution < 1.29 is 9.59 Å². The molecule has 0 aliphatic carbocycles. The Morgan fingerprint density at radius 2 is 2.00 bits per heavy atom. The third-order valence-corrected chi connectivity index (χ3v) is 1.55. The van der Waals surface area contributed by atoms with Crippen LogP contribution in [-0.4, -0.2) is 43.4 Å². The smallest absolute Gasteiger partial charge is 0.236 e. The van der Waals surface area contributed by atoms with E-state index in [-0.39, 0.29) is 11.8 Å². The van der Waals surface area contributed by atoms with E-state index in [4.69, 9.17) is 5.73 Å². The molecule has 0 fully saturated rings. The molecule has 0 saturated heterocycles. The molecule has 5 heteroatoms. The summed E-state index contributed by atoms with van der Waals surface area (Å²) in [4.78, 5) is 23.5. The lowest BCUT2D eigenvalue weighted by Crippen LogP contribution is -2.39. The highest BCUT2D eigenvalue weighted by molar-refractivity contribution is 5.82. The first-order chi connectivity index (χ1) is 5.95. The van der Waals surface area contributed by atoms with Gasteiger partial charge in [-0.25, -0.2) is 0 Å². The molecule has 0 saturated carbocycles. The Morgan fingerprint density at radius 1 is 1.46 bits per heavy atom. The van der Waals surface area contributed by atoms with E-state index in [0.717, 1.165) is 0 Å². The second kappa shape index (κ2) is 5.53. The number of rotatable bonds is 4. The van der Waals surface area contributed by atoms with Crippen LogP contribution in [0.4, 0.5) is 0 Å². The van der Waals surface area contributed by atoms with Gasteiger partial charge in [-0.15, -0.1) is 0 Å². The summed E-state index contributed by atoms with van der Waals surface area (Å²) in [7, 11) is 3.35. The zero-order valence-electron chi connectivity index (χ0n) is 8.33. The predicted molar refractivity (Wildman–Crippen MR) is 50.0 cm³/mol. The van der Waals surface area contributed by atoms with E-state index in [1.165, 1.54) is 4.90 Å². The Morgan fingerprint density at radius 3 is 2.38 bits per heavy atom. The fraction of sp³-hybridized carbons (Fsp3) is 0.750. The molecule has 76 valence electrons. The van der Waals surface area contributed by atoms with E-state index in [1.54, 1.807) is 21.0 Å². The van der Waals surface area contributed by atoms with E-state index in [9.17, 15) is 9.59 Å². The largest absolute Gasteiger partial charge is 0.354 e. The molecule has 0 heterocycles. The molecule has 1 atom stereocenters. The molecule has 2 amide bonds. The highest BCUT2D eigenvalue weighted by atomic mass is 16.2. The van der Waals surface area contributed by atoms with Crippen LogP contribution in [0.1, 0.15) is 13.3 Å². The number of carbonyl (C=O) groups is 2. The van der Waals surface area contributed by atoms with Crippen LogP contribution in [-0.2, 0) is 9.59 Å². The zero-order valence-corrected chi connectivity index (χ0v) is 8.33. The quantitative estimate of drug-likeness (QED) is 0.588. The van der Waals surface area contributed by atoms with Crippen molar-refractivity contribution in [3.05, 3.63) is 0 Å². The number of amides is 2. The minimum Gasteiger partial charge on any atom is -0.354 e. The van der Waals surface area contributed by atoms with Gasteiger partial charge in [0.2, 0.25) is 11.8 Å². The maximum atomic E-state index is 11.0. The third kappa shape index (κ3) is 5.19. The van der Waals surface area contributed by atoms with Crippen LogP contribution in [0.5, 0.6) is 0 Å². The minimum atomic E-state index is -0.519. The topological polar surface area (TPSA) is 75.4 Å². The maximum Gasteiger partial charge on any atom is 0.236 e. The van der Waals surface area contributed by atoms with Crippen LogP contribution < -0.4 is 11.1 Å². The summed E-state index contributed by atoms with van der Waals surface area (Å²) in [5.41, 5.74) is 5.31. The summed E-state index contributed by atoms with van der Waals surface area (Å²) in [6.45, 7) is 1.94. The Kier molecular flexibility index (Phi) is 5.06. The third-order valence-electron chi connectivity index (χ3n) is 1.55. The van der Waals surface area contributed by atoms with Crippen molar-refractivity contribution in [1.82, 2.24) is 10.2 Å². The summed E-state index contributed by atoms with van der Waals surface area (Å²) >= 11 is 0. The lowest BCUT2D eigenvalue weighted by molar-refractivity contribution is -0.128. The highest BCUT2D eigenvalue weighted by Crippen LogP contribution is 1.85. The Balaban J connectivity index is 3.57. The molecule has 0 rings (SSSR count). The summed E-state index contributed by atoms with van der Waals surface area (Å²) in [6, 6.07) is -0.519. The molecular weight excluding hydrogens is 170 g/mol. The van der Waals surface area contributed by atoms with E-state index in [2.05, 4.69) is 5.32 Å². The SMILES string of the molecule is C[C@H](N)C(=O)NCCC(=O)N(C)C. The van der Waals surface area contributed by atoms with Gasteiger partial charge in [-0.3, -0.25) is 9.59 Å². The van der Waals surface area contributed by atoms with Crippen molar-refractivity contribution in [2.24, 2.45) is 5.73 Å². The van der Waals surface area contributed by atoms with Crippen LogP contribution in [0.3, 0.4) is 0 Å². The van der Waals surface area contributed by atoms with E-state index in [1.807, 2.05) is 0 Å². The van der Waals surface area contributed by atoms with Gasteiger partial charge in [0, 0.05) is 27.1 Å². The molecule has 0 aromatic rings. The summed E-state index contributed by atoms with van der Waals surface area (Å²) in [6.07, 6.45) is 0.311. The molecule has 3 N–H and O–H groups in total. The fourth-order valence-corrected chi connectivity index (χ4v) is 0.677. The second-order valence-corrected chi connectivity index (χ2v) is 3.12. The van der Waals surface area contributed by atoms with Crippen molar-refractivity contribution in [2.75, 3.05) is 20.6 Å². The van der Waals surface area contributed by atoms with E-state index >= 15 is 0 Å². The van der Waals surface area contributed by atoms with Gasteiger partial charge in [0.25, 0.3) is 0 Å². The number of hydrogen-bond acceptors (Lipinski definition) is 3. The number of carbonyl (C=O) groups excluding carboxylic acids is 2. The maximum absolute atomic E-state index is 11.0. The molecule has 13 heavy (non-hydrogen) atoms. The Bertz CT molecular complexity index is 170. The summed E-state index contributed by atoms with van der Waals surface area (Å²) < 4.78 is 0. The van der Waals surface area contributed by atoms with Crippen LogP contribution in [0, 0.1) is 0 Å². The molecule has 0 aromatic carbocycles. The molecule has 0 aromatic heterocycles. The molecule has 0 spiro atoms. The van der Waals surface area contributed by atoms with Gasteiger partial charge in [-0.05, 0) is 6.92 Å². The molecule has 5 nitrogen and oxygen atoms in total. The van der Waals surface area contributed by atoms with Crippen LogP contribution >= 0.6 is 0 Å². The van der Waals surface area contributed by atoms with Crippen LogP contribution in [0.2, 0.25) is 0 Å². The van der Waals surface area contributed by atoms with Crippen molar-refractivity contribution >= 4 is 11.8 Å². The van der Waals surface area contributed by atoms with Gasteiger partial charge < -0.3 is 16.0 Å². The number of hydrogen-bond donors (Lipinski definition) is 2. The molecule has 0 aliphatic heterocycles. The normalized spacial score (nSPS) is 12.0. The average Bonchev–Trinajstić information content (AvgIpc) is 2.03. The minimum absolute atomic E-state index is 0.00928. The van der Waals surface area contributed by atoms with Gasteiger partial charge in [-0.1, -0.05) is 0 Å². The monoisotopic (exact) mass is 187 g/mol. The summed E-state index contributed by atoms with van der Waals surface area (Å²) in [5, 5.41) is 2.56. The first-order valence-electron chi connectivity index (χ1n) is 4.18. The van der Waals surface area contributed by atoms with Crippen molar-refractivity contribution in [1.29, 1.82) is 0 Å². The molecular formula is C8H17N3O2. The predicted octanol–water partition coefficient (Wildman–Crippen LogP) is -1.07. The number of nitrogens with two attached hydrogens (primary N) is 1. The molecule has 0 aliphatic rings. The fourth-order valence-electron chi connectivity index (χ4n) is 0.677.